The molecular weight excluding hydrogens is 673 g/mol. The van der Waals surface area contributed by atoms with Crippen molar-refractivity contribution >= 4 is 46.0 Å². The fraction of sp³-hybridized carbons (Fsp3) is 0. The first-order valence-corrected chi connectivity index (χ1v) is 18.3. The van der Waals surface area contributed by atoms with Gasteiger partial charge in [-0.1, -0.05) is 140 Å². The van der Waals surface area contributed by atoms with E-state index in [1.54, 1.807) is 0 Å². The van der Waals surface area contributed by atoms with Gasteiger partial charge < -0.3 is 14.7 Å². The number of ether oxygens (including phenoxy) is 1. The van der Waals surface area contributed by atoms with Gasteiger partial charge in [-0.3, -0.25) is 0 Å². The van der Waals surface area contributed by atoms with Crippen LogP contribution in [0.2, 0.25) is 0 Å². The molecule has 55 heavy (non-hydrogen) atoms. The van der Waals surface area contributed by atoms with E-state index in [1.165, 1.54) is 0 Å². The summed E-state index contributed by atoms with van der Waals surface area (Å²) in [5.74, 6) is 0.980. The number of aromatic amines is 2. The van der Waals surface area contributed by atoms with Crippen molar-refractivity contribution in [2.24, 2.45) is 0 Å². The van der Waals surface area contributed by atoms with Gasteiger partial charge in [0.15, 0.2) is 5.76 Å². The third kappa shape index (κ3) is 6.04. The first-order valence-electron chi connectivity index (χ1n) is 18.8. The molecule has 0 aliphatic carbocycles. The first kappa shape index (κ1) is 31.1. The molecule has 3 aromatic heterocycles. The minimum atomic E-state index is 0.175. The molecule has 2 aliphatic rings. The standard InChI is InChI=1S/C50H34N4O/c1-6-16-33(17-7-1)46-38-26-27-39(51-38)47(34-18-8-2-9-19-34)41-30-31-43(53-41)49(36-22-12-4-13-23-36)50-45(55-37-24-14-5-15-25-37)32-44(54-50)48(35-20-10-3-11-21-35)42-29-28-40(46)52-42/h1-32,51,53H/i32D. The lowest BCUT2D eigenvalue weighted by molar-refractivity contribution is 0.518. The molecule has 10 rings (SSSR count). The Balaban J connectivity index is 1.42. The zero-order chi connectivity index (χ0) is 37.4. The SMILES string of the molecule is [2H]C1=C(Oc2ccccc2)c2nc1c(-c1ccccc1)c1nc(c(-c3ccccc3)c3ccc([nH]3)c(-c3ccccc3)c3ccc([nH]3)c2-c2ccccc2)C=C1. The van der Waals surface area contributed by atoms with E-state index in [1.807, 2.05) is 97.1 Å². The zero-order valence-corrected chi connectivity index (χ0v) is 29.7. The number of hydrogen-bond acceptors (Lipinski definition) is 3. The van der Waals surface area contributed by atoms with E-state index in [0.717, 1.165) is 72.3 Å². The molecule has 8 aromatic rings. The van der Waals surface area contributed by atoms with Crippen LogP contribution in [0.25, 0.3) is 90.5 Å². The zero-order valence-electron chi connectivity index (χ0n) is 30.7. The van der Waals surface area contributed by atoms with Gasteiger partial charge in [0.2, 0.25) is 0 Å². The minimum Gasteiger partial charge on any atom is -0.455 e. The molecule has 2 aliphatic heterocycles. The molecule has 0 radical (unpaired) electrons. The van der Waals surface area contributed by atoms with Crippen molar-refractivity contribution in [1.29, 1.82) is 0 Å². The second-order valence-corrected chi connectivity index (χ2v) is 13.4. The Hall–Kier alpha value is -7.50. The molecule has 8 bridgehead atoms. The molecule has 5 aromatic carbocycles. The highest BCUT2D eigenvalue weighted by molar-refractivity contribution is 6.01. The highest BCUT2D eigenvalue weighted by Gasteiger charge is 2.24. The van der Waals surface area contributed by atoms with Crippen LogP contribution in [-0.4, -0.2) is 19.9 Å². The third-order valence-corrected chi connectivity index (χ3v) is 9.96. The van der Waals surface area contributed by atoms with E-state index in [9.17, 15) is 1.37 Å². The molecular formula is C50H34N4O. The van der Waals surface area contributed by atoms with Crippen LogP contribution >= 0.6 is 0 Å². The Kier molecular flexibility index (Phi) is 7.80. The van der Waals surface area contributed by atoms with Crippen LogP contribution in [0.1, 0.15) is 24.1 Å². The van der Waals surface area contributed by atoms with Gasteiger partial charge in [0.25, 0.3) is 0 Å². The summed E-state index contributed by atoms with van der Waals surface area (Å²) >= 11 is 0. The van der Waals surface area contributed by atoms with E-state index in [-0.39, 0.29) is 6.05 Å². The maximum Gasteiger partial charge on any atom is 0.155 e. The monoisotopic (exact) mass is 707 g/mol. The quantitative estimate of drug-likeness (QED) is 0.181. The number of benzene rings is 5. The average molecular weight is 708 g/mol. The van der Waals surface area contributed by atoms with Crippen molar-refractivity contribution in [3.05, 3.63) is 199 Å². The summed E-state index contributed by atoms with van der Waals surface area (Å²) in [4.78, 5) is 18.4. The van der Waals surface area contributed by atoms with Gasteiger partial charge >= 0.3 is 0 Å². The lowest BCUT2D eigenvalue weighted by Crippen LogP contribution is -1.96. The second-order valence-electron chi connectivity index (χ2n) is 13.4. The molecule has 0 saturated carbocycles. The Morgan fingerprint density at radius 3 is 1.31 bits per heavy atom. The predicted molar refractivity (Wildman–Crippen MR) is 227 cm³/mol. The lowest BCUT2D eigenvalue weighted by atomic mass is 10.0. The van der Waals surface area contributed by atoms with Crippen LogP contribution in [0.4, 0.5) is 0 Å². The van der Waals surface area contributed by atoms with Crippen molar-refractivity contribution in [1.82, 2.24) is 19.9 Å². The predicted octanol–water partition coefficient (Wildman–Crippen LogP) is 12.7. The van der Waals surface area contributed by atoms with Gasteiger partial charge in [0.1, 0.15) is 11.4 Å². The number of fused-ring (bicyclic) bond motifs is 8. The van der Waals surface area contributed by atoms with E-state index in [2.05, 4.69) is 101 Å². The van der Waals surface area contributed by atoms with E-state index in [0.29, 0.717) is 28.6 Å². The van der Waals surface area contributed by atoms with Gasteiger partial charge in [-0.2, -0.15) is 0 Å². The molecule has 0 atom stereocenters. The molecule has 5 nitrogen and oxygen atoms in total. The topological polar surface area (TPSA) is 66.6 Å². The van der Waals surface area contributed by atoms with Gasteiger partial charge in [0, 0.05) is 50.4 Å². The fourth-order valence-corrected chi connectivity index (χ4v) is 7.48. The number of H-pyrrole nitrogens is 2. The second kappa shape index (κ2) is 13.8. The number of aromatic nitrogens is 4. The maximum absolute atomic E-state index is 9.89. The molecule has 0 saturated heterocycles. The van der Waals surface area contributed by atoms with E-state index < -0.39 is 0 Å². The summed E-state index contributed by atoms with van der Waals surface area (Å²) in [7, 11) is 0. The molecule has 0 amide bonds. The largest absolute Gasteiger partial charge is 0.455 e. The molecule has 260 valence electrons. The summed E-state index contributed by atoms with van der Waals surface area (Å²) in [5, 5.41) is 0. The van der Waals surface area contributed by atoms with Gasteiger partial charge in [0.05, 0.1) is 18.5 Å². The summed E-state index contributed by atoms with van der Waals surface area (Å²) < 4.78 is 16.6. The third-order valence-electron chi connectivity index (χ3n) is 9.96. The highest BCUT2D eigenvalue weighted by atomic mass is 16.5. The summed E-state index contributed by atoms with van der Waals surface area (Å²) in [5.41, 5.74) is 13.7. The minimum absolute atomic E-state index is 0.175. The Morgan fingerprint density at radius 2 is 0.782 bits per heavy atom. The molecule has 0 fully saturated rings. The van der Waals surface area contributed by atoms with Gasteiger partial charge in [-0.15, -0.1) is 0 Å². The molecule has 5 heterocycles. The van der Waals surface area contributed by atoms with E-state index in [4.69, 9.17) is 14.7 Å². The first-order chi connectivity index (χ1) is 27.7. The van der Waals surface area contributed by atoms with E-state index >= 15 is 0 Å². The number of nitrogens with zero attached hydrogens (tertiary/aromatic N) is 2. The number of para-hydroxylation sites is 1. The Labute approximate surface area is 320 Å². The van der Waals surface area contributed by atoms with Gasteiger partial charge in [-0.25, -0.2) is 9.97 Å². The molecule has 5 heteroatoms. The molecule has 0 spiro atoms. The Morgan fingerprint density at radius 1 is 0.382 bits per heavy atom. The van der Waals surface area contributed by atoms with Gasteiger partial charge in [-0.05, 0) is 70.8 Å². The summed E-state index contributed by atoms with van der Waals surface area (Å²) in [6.07, 6.45) is 4.10. The van der Waals surface area contributed by atoms with Crippen LogP contribution in [0.5, 0.6) is 5.75 Å². The van der Waals surface area contributed by atoms with Crippen molar-refractivity contribution in [2.75, 3.05) is 0 Å². The highest BCUT2D eigenvalue weighted by Crippen LogP contribution is 2.41. The summed E-state index contributed by atoms with van der Waals surface area (Å²) in [6.45, 7) is 0. The van der Waals surface area contributed by atoms with Crippen molar-refractivity contribution in [3.8, 4) is 50.3 Å². The number of nitrogens with one attached hydrogen (secondary N) is 2. The summed E-state index contributed by atoms with van der Waals surface area (Å²) in [6, 6.07) is 59.4. The van der Waals surface area contributed by atoms with Crippen molar-refractivity contribution < 1.29 is 6.11 Å². The lowest BCUT2D eigenvalue weighted by Gasteiger charge is -2.10. The maximum atomic E-state index is 9.89. The number of hydrogen-bond donors (Lipinski definition) is 2. The molecule has 2 N–H and O–H groups in total. The van der Waals surface area contributed by atoms with Crippen molar-refractivity contribution in [2.45, 2.75) is 0 Å². The average Bonchev–Trinajstić information content (AvgIpc) is 4.08. The number of rotatable bonds is 6. The molecule has 0 unspecified atom stereocenters. The van der Waals surface area contributed by atoms with Crippen LogP contribution in [0.15, 0.2) is 176 Å². The van der Waals surface area contributed by atoms with Crippen LogP contribution in [0, 0.1) is 0 Å². The normalized spacial score (nSPS) is 12.5. The fourth-order valence-electron chi connectivity index (χ4n) is 7.48. The Bertz CT molecular complexity index is 2970. The van der Waals surface area contributed by atoms with Crippen LogP contribution < -0.4 is 4.74 Å². The van der Waals surface area contributed by atoms with Crippen molar-refractivity contribution in [3.63, 3.8) is 0 Å². The van der Waals surface area contributed by atoms with Crippen LogP contribution in [-0.2, 0) is 0 Å². The smallest absolute Gasteiger partial charge is 0.155 e. The van der Waals surface area contributed by atoms with Crippen LogP contribution in [0.3, 0.4) is 0 Å².